The van der Waals surface area contributed by atoms with Crippen LogP contribution in [0.5, 0.6) is 0 Å². The highest BCUT2D eigenvalue weighted by atomic mass is 16.5. The molecule has 1 heterocycles. The molecule has 0 bridgehead atoms. The van der Waals surface area contributed by atoms with Crippen molar-refractivity contribution in [3.8, 4) is 0 Å². The van der Waals surface area contributed by atoms with Crippen LogP contribution in [0.4, 0.5) is 0 Å². The second-order valence-electron chi connectivity index (χ2n) is 4.37. The van der Waals surface area contributed by atoms with Crippen molar-refractivity contribution in [3.63, 3.8) is 0 Å². The van der Waals surface area contributed by atoms with Crippen molar-refractivity contribution in [2.24, 2.45) is 7.05 Å². The summed E-state index contributed by atoms with van der Waals surface area (Å²) in [5.41, 5.74) is -0.605. The van der Waals surface area contributed by atoms with Crippen LogP contribution in [-0.2, 0) is 16.6 Å². The van der Waals surface area contributed by atoms with Crippen LogP contribution in [0.2, 0.25) is 0 Å². The first-order chi connectivity index (χ1) is 8.44. The minimum Gasteiger partial charge on any atom is -0.467 e. The molecule has 1 rings (SSSR count). The molecule has 0 aromatic carbocycles. The summed E-state index contributed by atoms with van der Waals surface area (Å²) in [6.45, 7) is 3.61. The molecular formula is C12H19N3O3. The summed E-state index contributed by atoms with van der Waals surface area (Å²) in [5.74, 6) is -0.781. The fraction of sp³-hybridized carbons (Fsp3) is 0.583. The van der Waals surface area contributed by atoms with Crippen molar-refractivity contribution in [2.45, 2.75) is 32.2 Å². The van der Waals surface area contributed by atoms with E-state index in [4.69, 9.17) is 4.74 Å². The number of amides is 1. The Bertz CT molecular complexity index is 442. The molecule has 1 amide bonds. The van der Waals surface area contributed by atoms with E-state index in [9.17, 15) is 9.59 Å². The van der Waals surface area contributed by atoms with Gasteiger partial charge < -0.3 is 10.1 Å². The Balaban J connectivity index is 2.88. The number of carbonyl (C=O) groups is 2. The van der Waals surface area contributed by atoms with Crippen LogP contribution in [-0.4, -0.2) is 34.3 Å². The van der Waals surface area contributed by atoms with Crippen LogP contribution in [0.25, 0.3) is 0 Å². The van der Waals surface area contributed by atoms with Gasteiger partial charge >= 0.3 is 5.97 Å². The monoisotopic (exact) mass is 253 g/mol. The minimum absolute atomic E-state index is 0.337. The van der Waals surface area contributed by atoms with Crippen LogP contribution < -0.4 is 5.32 Å². The Morgan fingerprint density at radius 3 is 2.67 bits per heavy atom. The quantitative estimate of drug-likeness (QED) is 0.791. The topological polar surface area (TPSA) is 73.2 Å². The van der Waals surface area contributed by atoms with Gasteiger partial charge in [0, 0.05) is 13.2 Å². The van der Waals surface area contributed by atoms with E-state index in [0.717, 1.165) is 6.42 Å². The molecule has 1 aromatic heterocycles. The molecule has 1 N–H and O–H groups in total. The highest BCUT2D eigenvalue weighted by molar-refractivity contribution is 5.96. The molecule has 6 nitrogen and oxygen atoms in total. The summed E-state index contributed by atoms with van der Waals surface area (Å²) in [6.07, 6.45) is 2.81. The molecule has 0 aliphatic rings. The summed E-state index contributed by atoms with van der Waals surface area (Å²) < 4.78 is 6.20. The average molecular weight is 253 g/mol. The molecule has 0 aliphatic carbocycles. The number of esters is 1. The van der Waals surface area contributed by atoms with E-state index in [2.05, 4.69) is 10.4 Å². The third-order valence-corrected chi connectivity index (χ3v) is 2.83. The summed E-state index contributed by atoms with van der Waals surface area (Å²) in [5, 5.41) is 6.63. The predicted molar refractivity (Wildman–Crippen MR) is 66.0 cm³/mol. The lowest BCUT2D eigenvalue weighted by atomic mass is 9.96. The largest absolute Gasteiger partial charge is 0.467 e. The number of ether oxygens (including phenoxy) is 1. The first-order valence-electron chi connectivity index (χ1n) is 5.83. The zero-order valence-corrected chi connectivity index (χ0v) is 11.2. The van der Waals surface area contributed by atoms with Crippen molar-refractivity contribution in [2.75, 3.05) is 7.11 Å². The van der Waals surface area contributed by atoms with Crippen LogP contribution in [0, 0.1) is 0 Å². The zero-order chi connectivity index (χ0) is 13.8. The number of methoxy groups -OCH3 is 1. The van der Waals surface area contributed by atoms with Gasteiger partial charge in [0.25, 0.3) is 5.91 Å². The Morgan fingerprint density at radius 1 is 1.56 bits per heavy atom. The summed E-state index contributed by atoms with van der Waals surface area (Å²) in [6, 6.07) is 1.60. The van der Waals surface area contributed by atoms with Gasteiger partial charge in [0.05, 0.1) is 7.11 Å². The van der Waals surface area contributed by atoms with Crippen molar-refractivity contribution < 1.29 is 14.3 Å². The SMILES string of the molecule is CCCC(C)(NC(=O)c1ccnn1C)C(=O)OC. The maximum absolute atomic E-state index is 12.1. The van der Waals surface area contributed by atoms with Gasteiger partial charge in [-0.3, -0.25) is 9.48 Å². The number of aryl methyl sites for hydroxylation is 1. The normalized spacial score (nSPS) is 13.8. The number of aromatic nitrogens is 2. The lowest BCUT2D eigenvalue weighted by Gasteiger charge is -2.27. The molecule has 1 aromatic rings. The van der Waals surface area contributed by atoms with E-state index in [1.54, 1.807) is 20.0 Å². The molecule has 1 unspecified atom stereocenters. The minimum atomic E-state index is -1.01. The molecule has 0 fully saturated rings. The molecule has 0 spiro atoms. The van der Waals surface area contributed by atoms with Crippen molar-refractivity contribution in [1.29, 1.82) is 0 Å². The van der Waals surface area contributed by atoms with Crippen LogP contribution in [0.3, 0.4) is 0 Å². The second kappa shape index (κ2) is 5.66. The number of carbonyl (C=O) groups excluding carboxylic acids is 2. The Hall–Kier alpha value is -1.85. The van der Waals surface area contributed by atoms with E-state index in [1.807, 2.05) is 6.92 Å². The smallest absolute Gasteiger partial charge is 0.331 e. The highest BCUT2D eigenvalue weighted by Gasteiger charge is 2.35. The third kappa shape index (κ3) is 2.88. The number of nitrogens with one attached hydrogen (secondary N) is 1. The Kier molecular flexibility index (Phi) is 4.47. The average Bonchev–Trinajstić information content (AvgIpc) is 2.74. The first-order valence-corrected chi connectivity index (χ1v) is 5.83. The molecule has 18 heavy (non-hydrogen) atoms. The number of rotatable bonds is 5. The molecule has 0 saturated carbocycles. The Labute approximate surface area is 106 Å². The summed E-state index contributed by atoms with van der Waals surface area (Å²) in [7, 11) is 2.98. The van der Waals surface area contributed by atoms with Gasteiger partial charge in [-0.2, -0.15) is 5.10 Å². The maximum Gasteiger partial charge on any atom is 0.331 e. The fourth-order valence-electron chi connectivity index (χ4n) is 1.85. The van der Waals surface area contributed by atoms with Crippen molar-refractivity contribution in [3.05, 3.63) is 18.0 Å². The van der Waals surface area contributed by atoms with Crippen LogP contribution in [0.15, 0.2) is 12.3 Å². The van der Waals surface area contributed by atoms with Crippen molar-refractivity contribution >= 4 is 11.9 Å². The van der Waals surface area contributed by atoms with Gasteiger partial charge in [-0.05, 0) is 19.4 Å². The molecule has 6 heteroatoms. The zero-order valence-electron chi connectivity index (χ0n) is 11.2. The lowest BCUT2D eigenvalue weighted by Crippen LogP contribution is -2.53. The molecule has 0 radical (unpaired) electrons. The predicted octanol–water partition coefficient (Wildman–Crippen LogP) is 0.882. The van der Waals surface area contributed by atoms with Gasteiger partial charge in [0.1, 0.15) is 11.2 Å². The fourth-order valence-corrected chi connectivity index (χ4v) is 1.85. The van der Waals surface area contributed by atoms with Gasteiger partial charge in [-0.15, -0.1) is 0 Å². The van der Waals surface area contributed by atoms with E-state index >= 15 is 0 Å². The van der Waals surface area contributed by atoms with Crippen molar-refractivity contribution in [1.82, 2.24) is 15.1 Å². The van der Waals surface area contributed by atoms with Crippen LogP contribution >= 0.6 is 0 Å². The number of hydrogen-bond donors (Lipinski definition) is 1. The Morgan fingerprint density at radius 2 is 2.22 bits per heavy atom. The van der Waals surface area contributed by atoms with Gasteiger partial charge in [-0.25, -0.2) is 4.79 Å². The molecule has 1 atom stereocenters. The highest BCUT2D eigenvalue weighted by Crippen LogP contribution is 2.15. The number of nitrogens with zero attached hydrogens (tertiary/aromatic N) is 2. The lowest BCUT2D eigenvalue weighted by molar-refractivity contribution is -0.147. The van der Waals surface area contributed by atoms with Gasteiger partial charge in [-0.1, -0.05) is 13.3 Å². The second-order valence-corrected chi connectivity index (χ2v) is 4.37. The molecular weight excluding hydrogens is 234 g/mol. The molecule has 100 valence electrons. The summed E-state index contributed by atoms with van der Waals surface area (Å²) in [4.78, 5) is 23.8. The third-order valence-electron chi connectivity index (χ3n) is 2.83. The van der Waals surface area contributed by atoms with Gasteiger partial charge in [0.2, 0.25) is 0 Å². The van der Waals surface area contributed by atoms with E-state index in [1.165, 1.54) is 18.0 Å². The molecule has 0 saturated heterocycles. The first kappa shape index (κ1) is 14.2. The summed E-state index contributed by atoms with van der Waals surface area (Å²) >= 11 is 0. The molecule has 0 aliphatic heterocycles. The van der Waals surface area contributed by atoms with E-state index < -0.39 is 11.5 Å². The maximum atomic E-state index is 12.1. The standard InChI is InChI=1S/C12H19N3O3/c1-5-7-12(2,11(17)18-4)14-10(16)9-6-8-13-15(9)3/h6,8H,5,7H2,1-4H3,(H,14,16). The van der Waals surface area contributed by atoms with Crippen LogP contribution in [0.1, 0.15) is 37.2 Å². The number of hydrogen-bond acceptors (Lipinski definition) is 4. The van der Waals surface area contributed by atoms with E-state index in [-0.39, 0.29) is 5.91 Å². The van der Waals surface area contributed by atoms with E-state index in [0.29, 0.717) is 12.1 Å². The van der Waals surface area contributed by atoms with Gasteiger partial charge in [0.15, 0.2) is 0 Å².